The zero-order valence-electron chi connectivity index (χ0n) is 11.3. The zero-order valence-corrected chi connectivity index (χ0v) is 12.1. The van der Waals surface area contributed by atoms with Gasteiger partial charge >= 0.3 is 0 Å². The second kappa shape index (κ2) is 6.41. The molecule has 16 heavy (non-hydrogen) atoms. The molecular formula is C14H25NS. The Morgan fingerprint density at radius 2 is 2.00 bits per heavy atom. The number of rotatable bonds is 6. The topological polar surface area (TPSA) is 12.0 Å². The molecule has 0 spiro atoms. The smallest absolute Gasteiger partial charge is 0.0356 e. The molecule has 2 heteroatoms. The van der Waals surface area contributed by atoms with Crippen molar-refractivity contribution in [2.45, 2.75) is 53.5 Å². The number of hydrogen-bond donors (Lipinski definition) is 1. The molecule has 0 saturated carbocycles. The Labute approximate surface area is 104 Å². The highest BCUT2D eigenvalue weighted by atomic mass is 32.1. The van der Waals surface area contributed by atoms with Crippen LogP contribution in [0.15, 0.2) is 6.07 Å². The van der Waals surface area contributed by atoms with E-state index in [1.54, 1.807) is 0 Å². The van der Waals surface area contributed by atoms with Crippen LogP contribution in [0.2, 0.25) is 0 Å². The molecule has 1 aromatic rings. The van der Waals surface area contributed by atoms with Crippen LogP contribution in [0.4, 0.5) is 0 Å². The summed E-state index contributed by atoms with van der Waals surface area (Å²) in [6.07, 6.45) is 2.57. The van der Waals surface area contributed by atoms with Crippen LogP contribution in [-0.2, 0) is 0 Å². The average Bonchev–Trinajstić information content (AvgIpc) is 2.54. The van der Waals surface area contributed by atoms with Crippen molar-refractivity contribution in [2.75, 3.05) is 6.54 Å². The predicted molar refractivity (Wildman–Crippen MR) is 74.3 cm³/mol. The molecule has 0 bridgehead atoms. The first-order chi connectivity index (χ1) is 7.60. The van der Waals surface area contributed by atoms with Gasteiger partial charge in [0.1, 0.15) is 0 Å². The highest BCUT2D eigenvalue weighted by molar-refractivity contribution is 7.12. The van der Waals surface area contributed by atoms with Crippen molar-refractivity contribution >= 4 is 11.3 Å². The van der Waals surface area contributed by atoms with Gasteiger partial charge in [0.2, 0.25) is 0 Å². The van der Waals surface area contributed by atoms with Gasteiger partial charge in [-0.2, -0.15) is 0 Å². The van der Waals surface area contributed by atoms with E-state index in [2.05, 4.69) is 46.0 Å². The van der Waals surface area contributed by atoms with Crippen LogP contribution < -0.4 is 5.32 Å². The van der Waals surface area contributed by atoms with Crippen LogP contribution in [-0.4, -0.2) is 6.54 Å². The van der Waals surface area contributed by atoms with Crippen LogP contribution in [0.1, 0.15) is 55.0 Å². The average molecular weight is 239 g/mol. The maximum atomic E-state index is 3.64. The van der Waals surface area contributed by atoms with Gasteiger partial charge in [0.05, 0.1) is 0 Å². The Balaban J connectivity index is 2.88. The third-order valence-electron chi connectivity index (χ3n) is 3.15. The highest BCUT2D eigenvalue weighted by Crippen LogP contribution is 2.32. The van der Waals surface area contributed by atoms with Crippen LogP contribution in [0, 0.1) is 19.8 Å². The fourth-order valence-electron chi connectivity index (χ4n) is 2.42. The molecule has 1 heterocycles. The molecular weight excluding hydrogens is 214 g/mol. The molecule has 1 rings (SSSR count). The first kappa shape index (κ1) is 13.7. The van der Waals surface area contributed by atoms with Crippen LogP contribution in [0.25, 0.3) is 0 Å². The number of aryl methyl sites for hydroxylation is 2. The fourth-order valence-corrected chi connectivity index (χ4v) is 3.39. The standard InChI is InChI=1S/C14H25NS/c1-6-8-10(3)14(15-7-2)13-9-11(4)16-12(13)5/h9-10,14-15H,6-8H2,1-5H3. The summed E-state index contributed by atoms with van der Waals surface area (Å²) in [5.41, 5.74) is 1.52. The molecule has 0 amide bonds. The van der Waals surface area contributed by atoms with Crippen molar-refractivity contribution in [1.29, 1.82) is 0 Å². The van der Waals surface area contributed by atoms with Crippen molar-refractivity contribution in [1.82, 2.24) is 5.32 Å². The van der Waals surface area contributed by atoms with E-state index in [1.165, 1.54) is 28.2 Å². The van der Waals surface area contributed by atoms with E-state index in [0.717, 1.165) is 12.5 Å². The summed E-state index contributed by atoms with van der Waals surface area (Å²) < 4.78 is 0. The fraction of sp³-hybridized carbons (Fsp3) is 0.714. The molecule has 1 N–H and O–H groups in total. The van der Waals surface area contributed by atoms with Gasteiger partial charge in [0, 0.05) is 15.8 Å². The van der Waals surface area contributed by atoms with E-state index in [1.807, 2.05) is 11.3 Å². The number of hydrogen-bond acceptors (Lipinski definition) is 2. The Morgan fingerprint density at radius 3 is 2.44 bits per heavy atom. The molecule has 0 aromatic carbocycles. The lowest BCUT2D eigenvalue weighted by molar-refractivity contribution is 0.369. The van der Waals surface area contributed by atoms with E-state index in [9.17, 15) is 0 Å². The van der Waals surface area contributed by atoms with Crippen LogP contribution in [0.5, 0.6) is 0 Å². The summed E-state index contributed by atoms with van der Waals surface area (Å²) in [5.74, 6) is 0.720. The van der Waals surface area contributed by atoms with Crippen molar-refractivity contribution < 1.29 is 0 Å². The maximum Gasteiger partial charge on any atom is 0.0356 e. The molecule has 0 saturated heterocycles. The molecule has 0 aliphatic carbocycles. The van der Waals surface area contributed by atoms with Gasteiger partial charge in [-0.25, -0.2) is 0 Å². The summed E-state index contributed by atoms with van der Waals surface area (Å²) in [5, 5.41) is 3.64. The van der Waals surface area contributed by atoms with Gasteiger partial charge in [-0.1, -0.05) is 27.2 Å². The first-order valence-electron chi connectivity index (χ1n) is 6.40. The van der Waals surface area contributed by atoms with E-state index in [4.69, 9.17) is 0 Å². The molecule has 1 nitrogen and oxygen atoms in total. The molecule has 0 fully saturated rings. The van der Waals surface area contributed by atoms with E-state index in [0.29, 0.717) is 6.04 Å². The summed E-state index contributed by atoms with van der Waals surface area (Å²) in [7, 11) is 0. The van der Waals surface area contributed by atoms with E-state index < -0.39 is 0 Å². The molecule has 0 radical (unpaired) electrons. The second-order valence-corrected chi connectivity index (χ2v) is 6.13. The van der Waals surface area contributed by atoms with Crippen molar-refractivity contribution in [3.63, 3.8) is 0 Å². The van der Waals surface area contributed by atoms with Crippen molar-refractivity contribution in [3.8, 4) is 0 Å². The summed E-state index contributed by atoms with van der Waals surface area (Å²) in [6.45, 7) is 12.3. The SMILES string of the molecule is CCCC(C)C(NCC)c1cc(C)sc1C. The third kappa shape index (κ3) is 3.33. The van der Waals surface area contributed by atoms with Gasteiger partial charge < -0.3 is 5.32 Å². The van der Waals surface area contributed by atoms with Gasteiger partial charge in [0.15, 0.2) is 0 Å². The molecule has 0 aliphatic heterocycles. The van der Waals surface area contributed by atoms with Crippen molar-refractivity contribution in [3.05, 3.63) is 21.4 Å². The minimum Gasteiger partial charge on any atom is -0.310 e. The van der Waals surface area contributed by atoms with Crippen molar-refractivity contribution in [2.24, 2.45) is 5.92 Å². The molecule has 0 aliphatic rings. The largest absolute Gasteiger partial charge is 0.310 e. The molecule has 1 aromatic heterocycles. The number of nitrogens with one attached hydrogen (secondary N) is 1. The Morgan fingerprint density at radius 1 is 1.31 bits per heavy atom. The Hall–Kier alpha value is -0.340. The molecule has 2 atom stereocenters. The molecule has 2 unspecified atom stereocenters. The minimum atomic E-state index is 0.537. The Kier molecular flexibility index (Phi) is 5.50. The highest BCUT2D eigenvalue weighted by Gasteiger charge is 2.20. The predicted octanol–water partition coefficient (Wildman–Crippen LogP) is 4.45. The van der Waals surface area contributed by atoms with Gasteiger partial charge in [-0.3, -0.25) is 0 Å². The monoisotopic (exact) mass is 239 g/mol. The minimum absolute atomic E-state index is 0.537. The first-order valence-corrected chi connectivity index (χ1v) is 7.22. The third-order valence-corrected chi connectivity index (χ3v) is 4.13. The lowest BCUT2D eigenvalue weighted by Gasteiger charge is -2.25. The lowest BCUT2D eigenvalue weighted by Crippen LogP contribution is -2.27. The van der Waals surface area contributed by atoms with E-state index >= 15 is 0 Å². The lowest BCUT2D eigenvalue weighted by atomic mass is 9.91. The molecule has 92 valence electrons. The quantitative estimate of drug-likeness (QED) is 0.773. The Bertz CT molecular complexity index is 317. The van der Waals surface area contributed by atoms with Gasteiger partial charge in [-0.05, 0) is 44.4 Å². The maximum absolute atomic E-state index is 3.64. The number of thiophene rings is 1. The summed E-state index contributed by atoms with van der Waals surface area (Å²) >= 11 is 1.92. The second-order valence-electron chi connectivity index (χ2n) is 4.67. The summed E-state index contributed by atoms with van der Waals surface area (Å²) in [6, 6.07) is 2.90. The van der Waals surface area contributed by atoms with E-state index in [-0.39, 0.29) is 0 Å². The van der Waals surface area contributed by atoms with Crippen LogP contribution in [0.3, 0.4) is 0 Å². The zero-order chi connectivity index (χ0) is 12.1. The van der Waals surface area contributed by atoms with Gasteiger partial charge in [-0.15, -0.1) is 11.3 Å². The van der Waals surface area contributed by atoms with Gasteiger partial charge in [0.25, 0.3) is 0 Å². The van der Waals surface area contributed by atoms with Crippen LogP contribution >= 0.6 is 11.3 Å². The summed E-state index contributed by atoms with van der Waals surface area (Å²) in [4.78, 5) is 2.91. The normalized spacial score (nSPS) is 15.1.